The fourth-order valence-corrected chi connectivity index (χ4v) is 2.66. The van der Waals surface area contributed by atoms with Crippen LogP contribution < -0.4 is 10.6 Å². The lowest BCUT2D eigenvalue weighted by atomic mass is 10.1. The van der Waals surface area contributed by atoms with Gasteiger partial charge >= 0.3 is 0 Å². The van der Waals surface area contributed by atoms with E-state index < -0.39 is 0 Å². The van der Waals surface area contributed by atoms with Gasteiger partial charge in [0.2, 0.25) is 6.41 Å². The summed E-state index contributed by atoms with van der Waals surface area (Å²) in [5, 5.41) is 7.16. The average molecular weight is 361 g/mol. The standard InChI is InChI=1S/C16H18ClN5.CH3NO/c17-14(18)4-5-15-20-11-13(21-15)12-6-7-19-16(10-12)22-8-2-1-3-9-22;2-1-3/h4-7,10-11,18H,1-3,8-9H2,(H,20,21);1H,(H2,2,3)/b5-4-,18-14?;. The third-order valence-corrected chi connectivity index (χ3v) is 3.85. The molecule has 1 aliphatic heterocycles. The Morgan fingerprint density at radius 1 is 1.32 bits per heavy atom. The Morgan fingerprint density at radius 3 is 2.72 bits per heavy atom. The van der Waals surface area contributed by atoms with Gasteiger partial charge in [-0.05, 0) is 43.5 Å². The highest BCUT2D eigenvalue weighted by molar-refractivity contribution is 6.67. The summed E-state index contributed by atoms with van der Waals surface area (Å²) in [6.07, 6.45) is 10.8. The van der Waals surface area contributed by atoms with E-state index in [0.717, 1.165) is 30.2 Å². The second kappa shape index (κ2) is 9.58. The Bertz CT molecular complexity index is 736. The number of piperidine rings is 1. The van der Waals surface area contributed by atoms with Gasteiger partial charge in [0.1, 0.15) is 16.8 Å². The molecule has 2 aromatic heterocycles. The Kier molecular flexibility index (Phi) is 7.16. The van der Waals surface area contributed by atoms with Gasteiger partial charge in [-0.15, -0.1) is 0 Å². The Balaban J connectivity index is 0.000000701. The van der Waals surface area contributed by atoms with E-state index >= 15 is 0 Å². The molecule has 1 fully saturated rings. The molecule has 3 rings (SSSR count). The molecule has 3 heterocycles. The van der Waals surface area contributed by atoms with E-state index in [1.54, 1.807) is 12.3 Å². The summed E-state index contributed by atoms with van der Waals surface area (Å²) in [6, 6.07) is 4.06. The van der Waals surface area contributed by atoms with E-state index in [1.807, 2.05) is 12.3 Å². The van der Waals surface area contributed by atoms with Gasteiger partial charge in [0.25, 0.3) is 0 Å². The number of imidazole rings is 1. The molecule has 0 unspecified atom stereocenters. The SMILES string of the molecule is N=C(Cl)/C=C\c1ncc(-c2ccnc(N3CCCCC3)c2)[nH]1.NC=O. The second-order valence-electron chi connectivity index (χ2n) is 5.45. The topological polar surface area (TPSA) is 112 Å². The van der Waals surface area contributed by atoms with E-state index in [4.69, 9.17) is 21.8 Å². The molecule has 4 N–H and O–H groups in total. The zero-order valence-electron chi connectivity index (χ0n) is 13.8. The Morgan fingerprint density at radius 2 is 2.04 bits per heavy atom. The summed E-state index contributed by atoms with van der Waals surface area (Å²) in [7, 11) is 0. The molecule has 0 saturated carbocycles. The van der Waals surface area contributed by atoms with Gasteiger partial charge in [-0.3, -0.25) is 10.2 Å². The molecular weight excluding hydrogens is 340 g/mol. The quantitative estimate of drug-likeness (QED) is 0.574. The van der Waals surface area contributed by atoms with E-state index in [-0.39, 0.29) is 11.6 Å². The monoisotopic (exact) mass is 360 g/mol. The minimum absolute atomic E-state index is 0.0192. The number of aromatic nitrogens is 3. The van der Waals surface area contributed by atoms with Crippen molar-refractivity contribution in [3.8, 4) is 11.3 Å². The first kappa shape index (κ1) is 18.7. The summed E-state index contributed by atoms with van der Waals surface area (Å²) >= 11 is 5.50. The van der Waals surface area contributed by atoms with Gasteiger partial charge < -0.3 is 15.6 Å². The maximum Gasteiger partial charge on any atom is 0.204 e. The fraction of sp³-hybridized carbons (Fsp3) is 0.294. The Labute approximate surface area is 151 Å². The summed E-state index contributed by atoms with van der Waals surface area (Å²) in [5.74, 6) is 1.70. The zero-order valence-corrected chi connectivity index (χ0v) is 14.5. The predicted molar refractivity (Wildman–Crippen MR) is 101 cm³/mol. The molecule has 8 heteroatoms. The van der Waals surface area contributed by atoms with Crippen LogP contribution in [-0.2, 0) is 4.79 Å². The number of H-pyrrole nitrogens is 1. The normalized spacial score (nSPS) is 14.0. The maximum absolute atomic E-state index is 8.58. The van der Waals surface area contributed by atoms with Crippen molar-refractivity contribution in [3.63, 3.8) is 0 Å². The van der Waals surface area contributed by atoms with Crippen molar-refractivity contribution in [1.29, 1.82) is 5.41 Å². The second-order valence-corrected chi connectivity index (χ2v) is 5.86. The van der Waals surface area contributed by atoms with Crippen LogP contribution in [0.1, 0.15) is 25.1 Å². The van der Waals surface area contributed by atoms with Crippen LogP contribution in [0.2, 0.25) is 0 Å². The van der Waals surface area contributed by atoms with Gasteiger partial charge in [-0.25, -0.2) is 9.97 Å². The number of nitrogens with zero attached hydrogens (tertiary/aromatic N) is 3. The average Bonchev–Trinajstić information content (AvgIpc) is 3.11. The smallest absolute Gasteiger partial charge is 0.204 e. The molecule has 1 amide bonds. The minimum atomic E-state index is -0.0192. The number of halogens is 1. The van der Waals surface area contributed by atoms with Crippen LogP contribution >= 0.6 is 11.6 Å². The summed E-state index contributed by atoms with van der Waals surface area (Å²) < 4.78 is 0. The molecule has 1 aliphatic rings. The van der Waals surface area contributed by atoms with Crippen LogP contribution in [0.15, 0.2) is 30.6 Å². The van der Waals surface area contributed by atoms with E-state index in [2.05, 4.69) is 31.7 Å². The molecule has 0 radical (unpaired) electrons. The number of nitrogens with two attached hydrogens (primary N) is 1. The third-order valence-electron chi connectivity index (χ3n) is 3.72. The number of rotatable bonds is 4. The number of hydrogen-bond acceptors (Lipinski definition) is 5. The number of anilines is 1. The van der Waals surface area contributed by atoms with Crippen molar-refractivity contribution >= 4 is 35.1 Å². The summed E-state index contributed by atoms with van der Waals surface area (Å²) in [4.78, 5) is 22.9. The summed E-state index contributed by atoms with van der Waals surface area (Å²) in [6.45, 7) is 2.15. The van der Waals surface area contributed by atoms with Gasteiger partial charge in [0, 0.05) is 24.8 Å². The number of hydrogen-bond donors (Lipinski definition) is 3. The van der Waals surface area contributed by atoms with Gasteiger partial charge in [0.15, 0.2) is 0 Å². The van der Waals surface area contributed by atoms with Crippen LogP contribution in [0.5, 0.6) is 0 Å². The lowest BCUT2D eigenvalue weighted by Gasteiger charge is -2.27. The van der Waals surface area contributed by atoms with Gasteiger partial charge in [0.05, 0.1) is 11.9 Å². The highest BCUT2D eigenvalue weighted by Crippen LogP contribution is 2.23. The number of primary amides is 1. The number of nitrogens with one attached hydrogen (secondary N) is 2. The number of pyridine rings is 1. The zero-order chi connectivity index (χ0) is 18.1. The van der Waals surface area contributed by atoms with Crippen molar-refractivity contribution in [2.24, 2.45) is 5.73 Å². The largest absolute Gasteiger partial charge is 0.372 e. The molecular formula is C17H21ClN6O. The van der Waals surface area contributed by atoms with Crippen LogP contribution in [0, 0.1) is 5.41 Å². The van der Waals surface area contributed by atoms with Crippen LogP contribution in [0.4, 0.5) is 5.82 Å². The third kappa shape index (κ3) is 5.72. The first-order valence-corrected chi connectivity index (χ1v) is 8.35. The molecule has 0 bridgehead atoms. The van der Waals surface area contributed by atoms with Crippen molar-refractivity contribution in [2.45, 2.75) is 19.3 Å². The van der Waals surface area contributed by atoms with Crippen LogP contribution in [0.3, 0.4) is 0 Å². The number of aromatic amines is 1. The molecule has 0 spiro atoms. The highest BCUT2D eigenvalue weighted by atomic mass is 35.5. The highest BCUT2D eigenvalue weighted by Gasteiger charge is 2.13. The van der Waals surface area contributed by atoms with Crippen molar-refractivity contribution in [3.05, 3.63) is 36.4 Å². The number of carbonyl (C=O) groups excluding carboxylic acids is 1. The fourth-order valence-electron chi connectivity index (χ4n) is 2.60. The lowest BCUT2D eigenvalue weighted by Crippen LogP contribution is -2.30. The van der Waals surface area contributed by atoms with Crippen LogP contribution in [0.25, 0.3) is 17.3 Å². The predicted octanol–water partition coefficient (Wildman–Crippen LogP) is 2.79. The van der Waals surface area contributed by atoms with Crippen molar-refractivity contribution in [2.75, 3.05) is 18.0 Å². The maximum atomic E-state index is 8.58. The molecule has 0 aliphatic carbocycles. The van der Waals surface area contributed by atoms with Crippen molar-refractivity contribution < 1.29 is 4.79 Å². The van der Waals surface area contributed by atoms with E-state index in [1.165, 1.54) is 25.3 Å². The molecule has 132 valence electrons. The Hall–Kier alpha value is -2.67. The van der Waals surface area contributed by atoms with Crippen molar-refractivity contribution in [1.82, 2.24) is 15.0 Å². The summed E-state index contributed by atoms with van der Waals surface area (Å²) in [5.41, 5.74) is 6.16. The molecule has 7 nitrogen and oxygen atoms in total. The number of carbonyl (C=O) groups is 1. The molecule has 1 saturated heterocycles. The molecule has 2 aromatic rings. The first-order valence-electron chi connectivity index (χ1n) is 7.98. The minimum Gasteiger partial charge on any atom is -0.372 e. The molecule has 0 atom stereocenters. The lowest BCUT2D eigenvalue weighted by molar-refractivity contribution is -0.106. The van der Waals surface area contributed by atoms with E-state index in [9.17, 15) is 0 Å². The van der Waals surface area contributed by atoms with Gasteiger partial charge in [-0.2, -0.15) is 0 Å². The first-order chi connectivity index (χ1) is 12.1. The molecule has 0 aromatic carbocycles. The number of amides is 1. The van der Waals surface area contributed by atoms with Crippen LogP contribution in [-0.4, -0.2) is 39.6 Å². The van der Waals surface area contributed by atoms with Gasteiger partial charge in [-0.1, -0.05) is 11.6 Å². The molecule has 25 heavy (non-hydrogen) atoms. The van der Waals surface area contributed by atoms with E-state index in [0.29, 0.717) is 5.82 Å². The number of allylic oxidation sites excluding steroid dienone is 1.